The Labute approximate surface area is 150 Å². The van der Waals surface area contributed by atoms with E-state index in [9.17, 15) is 4.79 Å². The van der Waals surface area contributed by atoms with E-state index in [2.05, 4.69) is 15.3 Å². The van der Waals surface area contributed by atoms with E-state index in [0.717, 1.165) is 11.5 Å². The van der Waals surface area contributed by atoms with Gasteiger partial charge in [-0.1, -0.05) is 19.3 Å². The molecule has 2 aliphatic rings. The zero-order valence-corrected chi connectivity index (χ0v) is 15.6. The standard InChI is InChI=1S/C19H32N4O2/c1-22-14-16(11-21-22)18(25-2)19(24)20-12-17-9-6-10-23(17)13-15-7-4-3-5-8-15/h11,14-15,17-18H,3-10,12-13H2,1-2H3,(H,20,24)/t17-,18-/m0/s1. The molecule has 25 heavy (non-hydrogen) atoms. The summed E-state index contributed by atoms with van der Waals surface area (Å²) in [5.41, 5.74) is 0.799. The number of hydrogen-bond donors (Lipinski definition) is 1. The van der Waals surface area contributed by atoms with Crippen LogP contribution in [0.5, 0.6) is 0 Å². The van der Waals surface area contributed by atoms with Crippen molar-refractivity contribution in [2.75, 3.05) is 26.7 Å². The van der Waals surface area contributed by atoms with E-state index in [1.165, 1.54) is 58.0 Å². The molecular formula is C19H32N4O2. The monoisotopic (exact) mass is 348 g/mol. The van der Waals surface area contributed by atoms with Gasteiger partial charge in [0.15, 0.2) is 6.10 Å². The Morgan fingerprint density at radius 1 is 1.32 bits per heavy atom. The van der Waals surface area contributed by atoms with Gasteiger partial charge in [0.25, 0.3) is 5.91 Å². The summed E-state index contributed by atoms with van der Waals surface area (Å²) in [7, 11) is 3.41. The maximum absolute atomic E-state index is 12.5. The smallest absolute Gasteiger partial charge is 0.253 e. The second-order valence-corrected chi connectivity index (χ2v) is 7.60. The third kappa shape index (κ3) is 4.82. The summed E-state index contributed by atoms with van der Waals surface area (Å²) in [6.45, 7) is 3.09. The Kier molecular flexibility index (Phi) is 6.48. The summed E-state index contributed by atoms with van der Waals surface area (Å²) in [6, 6.07) is 0.470. The molecule has 2 fully saturated rings. The summed E-state index contributed by atoms with van der Waals surface area (Å²) in [4.78, 5) is 15.1. The number of hydrogen-bond acceptors (Lipinski definition) is 4. The van der Waals surface area contributed by atoms with Crippen LogP contribution < -0.4 is 5.32 Å². The molecule has 140 valence electrons. The van der Waals surface area contributed by atoms with Gasteiger partial charge in [0.2, 0.25) is 0 Å². The number of nitrogens with zero attached hydrogens (tertiary/aromatic N) is 3. The average molecular weight is 348 g/mol. The van der Waals surface area contributed by atoms with E-state index >= 15 is 0 Å². The first-order valence-electron chi connectivity index (χ1n) is 9.70. The number of carbonyl (C=O) groups is 1. The van der Waals surface area contributed by atoms with E-state index in [4.69, 9.17) is 4.74 Å². The summed E-state index contributed by atoms with van der Waals surface area (Å²) in [5.74, 6) is 0.784. The number of likely N-dealkylation sites (tertiary alicyclic amines) is 1. The van der Waals surface area contributed by atoms with Crippen LogP contribution >= 0.6 is 0 Å². The lowest BCUT2D eigenvalue weighted by molar-refractivity contribution is -0.131. The second-order valence-electron chi connectivity index (χ2n) is 7.60. The minimum Gasteiger partial charge on any atom is -0.367 e. The van der Waals surface area contributed by atoms with Crippen molar-refractivity contribution in [2.45, 2.75) is 57.1 Å². The quantitative estimate of drug-likeness (QED) is 0.821. The minimum absolute atomic E-state index is 0.0694. The Morgan fingerprint density at radius 3 is 2.80 bits per heavy atom. The van der Waals surface area contributed by atoms with Crippen molar-refractivity contribution in [1.29, 1.82) is 0 Å². The van der Waals surface area contributed by atoms with Crippen LogP contribution in [0, 0.1) is 5.92 Å². The number of ether oxygens (including phenoxy) is 1. The lowest BCUT2D eigenvalue weighted by Gasteiger charge is -2.31. The van der Waals surface area contributed by atoms with Crippen LogP contribution in [0.15, 0.2) is 12.4 Å². The number of aryl methyl sites for hydroxylation is 1. The molecule has 6 nitrogen and oxygen atoms in total. The summed E-state index contributed by atoms with van der Waals surface area (Å²) in [6.07, 6.45) is 12.3. The first-order valence-corrected chi connectivity index (χ1v) is 9.70. The number of rotatable bonds is 7. The fourth-order valence-electron chi connectivity index (χ4n) is 4.35. The molecule has 2 atom stereocenters. The highest BCUT2D eigenvalue weighted by atomic mass is 16.5. The number of amides is 1. The van der Waals surface area contributed by atoms with Crippen LogP contribution in [-0.2, 0) is 16.6 Å². The largest absolute Gasteiger partial charge is 0.367 e. The Bertz CT molecular complexity index is 553. The van der Waals surface area contributed by atoms with Gasteiger partial charge in [0, 0.05) is 45.0 Å². The lowest BCUT2D eigenvalue weighted by atomic mass is 9.89. The van der Waals surface area contributed by atoms with Gasteiger partial charge in [-0.15, -0.1) is 0 Å². The maximum Gasteiger partial charge on any atom is 0.253 e. The van der Waals surface area contributed by atoms with Gasteiger partial charge in [-0.3, -0.25) is 14.4 Å². The molecule has 2 heterocycles. The molecule has 0 radical (unpaired) electrons. The van der Waals surface area contributed by atoms with Crippen molar-refractivity contribution in [2.24, 2.45) is 13.0 Å². The van der Waals surface area contributed by atoms with Crippen molar-refractivity contribution in [1.82, 2.24) is 20.0 Å². The van der Waals surface area contributed by atoms with Crippen LogP contribution in [0.25, 0.3) is 0 Å². The third-order valence-electron chi connectivity index (χ3n) is 5.73. The molecule has 1 aromatic heterocycles. The van der Waals surface area contributed by atoms with Gasteiger partial charge in [-0.25, -0.2) is 0 Å². The molecule has 1 N–H and O–H groups in total. The predicted molar refractivity (Wildman–Crippen MR) is 97.1 cm³/mol. The van der Waals surface area contributed by atoms with Crippen molar-refractivity contribution >= 4 is 5.91 Å². The molecule has 6 heteroatoms. The molecule has 0 spiro atoms. The van der Waals surface area contributed by atoms with Crippen molar-refractivity contribution in [3.05, 3.63) is 18.0 Å². The SMILES string of the molecule is CO[C@H](C(=O)NC[C@@H]1CCCN1CC1CCCCC1)c1cnn(C)c1. The zero-order chi connectivity index (χ0) is 17.6. The fourth-order valence-corrected chi connectivity index (χ4v) is 4.35. The van der Waals surface area contributed by atoms with Crippen LogP contribution in [0.2, 0.25) is 0 Å². The normalized spacial score (nSPS) is 23.7. The third-order valence-corrected chi connectivity index (χ3v) is 5.73. The van der Waals surface area contributed by atoms with Crippen LogP contribution in [0.4, 0.5) is 0 Å². The molecule has 1 aliphatic carbocycles. The van der Waals surface area contributed by atoms with Gasteiger partial charge >= 0.3 is 0 Å². The molecule has 0 aromatic carbocycles. The van der Waals surface area contributed by atoms with E-state index in [0.29, 0.717) is 12.6 Å². The van der Waals surface area contributed by atoms with E-state index in [-0.39, 0.29) is 5.91 Å². The predicted octanol–water partition coefficient (Wildman–Crippen LogP) is 2.27. The minimum atomic E-state index is -0.582. The molecule has 1 saturated heterocycles. The first kappa shape index (κ1) is 18.4. The first-order chi connectivity index (χ1) is 12.2. The van der Waals surface area contributed by atoms with E-state index in [1.807, 2.05) is 13.2 Å². The van der Waals surface area contributed by atoms with Gasteiger partial charge in [-0.2, -0.15) is 5.10 Å². The molecule has 1 aromatic rings. The highest BCUT2D eigenvalue weighted by Gasteiger charge is 2.29. The zero-order valence-electron chi connectivity index (χ0n) is 15.6. The molecule has 0 unspecified atom stereocenters. The number of carbonyl (C=O) groups excluding carboxylic acids is 1. The van der Waals surface area contributed by atoms with Crippen LogP contribution in [0.3, 0.4) is 0 Å². The molecule has 1 amide bonds. The lowest BCUT2D eigenvalue weighted by Crippen LogP contribution is -2.43. The Balaban J connectivity index is 1.49. The molecule has 0 bridgehead atoms. The van der Waals surface area contributed by atoms with E-state index < -0.39 is 6.10 Å². The molecule has 1 saturated carbocycles. The average Bonchev–Trinajstić information content (AvgIpc) is 3.24. The maximum atomic E-state index is 12.5. The summed E-state index contributed by atoms with van der Waals surface area (Å²) in [5, 5.41) is 7.24. The summed E-state index contributed by atoms with van der Waals surface area (Å²) < 4.78 is 7.09. The topological polar surface area (TPSA) is 59.4 Å². The van der Waals surface area contributed by atoms with Crippen molar-refractivity contribution < 1.29 is 9.53 Å². The molecule has 3 rings (SSSR count). The highest BCUT2D eigenvalue weighted by Crippen LogP contribution is 2.27. The van der Waals surface area contributed by atoms with Crippen molar-refractivity contribution in [3.8, 4) is 0 Å². The number of aromatic nitrogens is 2. The van der Waals surface area contributed by atoms with Gasteiger partial charge in [0.05, 0.1) is 6.20 Å². The van der Waals surface area contributed by atoms with Gasteiger partial charge in [0.1, 0.15) is 0 Å². The van der Waals surface area contributed by atoms with Gasteiger partial charge < -0.3 is 10.1 Å². The highest BCUT2D eigenvalue weighted by molar-refractivity contribution is 5.82. The van der Waals surface area contributed by atoms with E-state index in [1.54, 1.807) is 18.0 Å². The summed E-state index contributed by atoms with van der Waals surface area (Å²) >= 11 is 0. The van der Waals surface area contributed by atoms with Gasteiger partial charge in [-0.05, 0) is 38.1 Å². The van der Waals surface area contributed by atoms with Crippen molar-refractivity contribution in [3.63, 3.8) is 0 Å². The fraction of sp³-hybridized carbons (Fsp3) is 0.789. The molecule has 1 aliphatic heterocycles. The Hall–Kier alpha value is -1.40. The second kappa shape index (κ2) is 8.81. The number of nitrogens with one attached hydrogen (secondary N) is 1. The molecular weight excluding hydrogens is 316 g/mol. The number of methoxy groups -OCH3 is 1. The van der Waals surface area contributed by atoms with Crippen LogP contribution in [0.1, 0.15) is 56.6 Å². The Morgan fingerprint density at radius 2 is 2.12 bits per heavy atom. The van der Waals surface area contributed by atoms with Crippen LogP contribution in [-0.4, -0.2) is 53.4 Å².